The third kappa shape index (κ3) is 3.28. The number of hydrogen-bond acceptors (Lipinski definition) is 3. The van der Waals surface area contributed by atoms with Gasteiger partial charge >= 0.3 is 0 Å². The SMILES string of the molecule is CN(C)C=C1N=C(c2ccccc2F)c2cc(Cl)ccc2N(C)C1=O. The van der Waals surface area contributed by atoms with Gasteiger partial charge in [0, 0.05) is 43.5 Å². The first-order chi connectivity index (χ1) is 11.9. The quantitative estimate of drug-likeness (QED) is 0.768. The molecule has 0 unspecified atom stereocenters. The second kappa shape index (κ2) is 6.69. The fourth-order valence-corrected chi connectivity index (χ4v) is 2.86. The van der Waals surface area contributed by atoms with Gasteiger partial charge in [-0.1, -0.05) is 23.7 Å². The Labute approximate surface area is 150 Å². The summed E-state index contributed by atoms with van der Waals surface area (Å²) in [6.07, 6.45) is 1.62. The van der Waals surface area contributed by atoms with Crippen LogP contribution in [0.15, 0.2) is 59.4 Å². The van der Waals surface area contributed by atoms with Crippen LogP contribution in [0.1, 0.15) is 11.1 Å². The van der Waals surface area contributed by atoms with Crippen molar-refractivity contribution in [1.82, 2.24) is 4.90 Å². The first-order valence-electron chi connectivity index (χ1n) is 7.68. The highest BCUT2D eigenvalue weighted by Crippen LogP contribution is 2.31. The van der Waals surface area contributed by atoms with E-state index in [2.05, 4.69) is 4.99 Å². The smallest absolute Gasteiger partial charge is 0.278 e. The van der Waals surface area contributed by atoms with Gasteiger partial charge in [0.2, 0.25) is 0 Å². The van der Waals surface area contributed by atoms with E-state index in [9.17, 15) is 9.18 Å². The van der Waals surface area contributed by atoms with E-state index in [-0.39, 0.29) is 11.6 Å². The van der Waals surface area contributed by atoms with Crippen LogP contribution in [0.2, 0.25) is 5.02 Å². The standard InChI is InChI=1S/C19H17ClFN3O/c1-23(2)11-16-19(25)24(3)17-9-8-12(20)10-14(17)18(22-16)13-6-4-5-7-15(13)21/h4-11H,1-3H3. The maximum atomic E-state index is 14.4. The van der Waals surface area contributed by atoms with Crippen LogP contribution >= 0.6 is 11.6 Å². The molecule has 128 valence electrons. The molecule has 0 N–H and O–H groups in total. The number of rotatable bonds is 2. The molecule has 1 amide bonds. The molecule has 0 fully saturated rings. The molecule has 2 aromatic carbocycles. The zero-order valence-corrected chi connectivity index (χ0v) is 14.9. The zero-order chi connectivity index (χ0) is 18.1. The molecule has 0 aromatic heterocycles. The fourth-order valence-electron chi connectivity index (χ4n) is 2.69. The molecule has 0 atom stereocenters. The van der Waals surface area contributed by atoms with Gasteiger partial charge in [-0.2, -0.15) is 0 Å². The molecule has 0 aliphatic carbocycles. The molecule has 25 heavy (non-hydrogen) atoms. The number of benzodiazepines with no additional fused rings is 1. The topological polar surface area (TPSA) is 35.9 Å². The minimum atomic E-state index is -0.409. The molecule has 0 bridgehead atoms. The lowest BCUT2D eigenvalue weighted by atomic mass is 10.00. The van der Waals surface area contributed by atoms with Crippen LogP contribution in [0.5, 0.6) is 0 Å². The van der Waals surface area contributed by atoms with Gasteiger partial charge in [-0.25, -0.2) is 9.38 Å². The molecule has 1 aliphatic heterocycles. The van der Waals surface area contributed by atoms with E-state index in [1.807, 2.05) is 0 Å². The molecule has 1 heterocycles. The van der Waals surface area contributed by atoms with E-state index in [4.69, 9.17) is 11.6 Å². The molecule has 0 saturated carbocycles. The van der Waals surface area contributed by atoms with Crippen molar-refractivity contribution in [2.24, 2.45) is 4.99 Å². The molecule has 2 aromatic rings. The van der Waals surface area contributed by atoms with Crippen molar-refractivity contribution in [3.63, 3.8) is 0 Å². The summed E-state index contributed by atoms with van der Waals surface area (Å²) >= 11 is 6.15. The Morgan fingerprint density at radius 2 is 1.88 bits per heavy atom. The number of hydrogen-bond donors (Lipinski definition) is 0. The number of aliphatic imine (C=N–C) groups is 1. The summed E-state index contributed by atoms with van der Waals surface area (Å²) in [5, 5.41) is 0.490. The monoisotopic (exact) mass is 357 g/mol. The van der Waals surface area contributed by atoms with Crippen molar-refractivity contribution < 1.29 is 9.18 Å². The van der Waals surface area contributed by atoms with Crippen molar-refractivity contribution >= 4 is 28.9 Å². The summed E-state index contributed by atoms with van der Waals surface area (Å²) in [7, 11) is 5.26. The van der Waals surface area contributed by atoms with E-state index >= 15 is 0 Å². The molecule has 0 saturated heterocycles. The fraction of sp³-hybridized carbons (Fsp3) is 0.158. The maximum Gasteiger partial charge on any atom is 0.278 e. The third-order valence-electron chi connectivity index (χ3n) is 3.84. The summed E-state index contributed by atoms with van der Waals surface area (Å²) in [6.45, 7) is 0. The molecule has 6 heteroatoms. The van der Waals surface area contributed by atoms with Crippen LogP contribution in [-0.4, -0.2) is 37.7 Å². The first-order valence-corrected chi connectivity index (χ1v) is 8.06. The lowest BCUT2D eigenvalue weighted by Gasteiger charge is -2.18. The van der Waals surface area contributed by atoms with Crippen molar-refractivity contribution in [3.05, 3.63) is 76.3 Å². The minimum Gasteiger partial charge on any atom is -0.382 e. The summed E-state index contributed by atoms with van der Waals surface area (Å²) in [4.78, 5) is 20.5. The third-order valence-corrected chi connectivity index (χ3v) is 4.08. The zero-order valence-electron chi connectivity index (χ0n) is 14.1. The van der Waals surface area contributed by atoms with Gasteiger partial charge in [0.15, 0.2) is 0 Å². The number of anilines is 1. The Morgan fingerprint density at radius 1 is 1.16 bits per heavy atom. The van der Waals surface area contributed by atoms with Crippen molar-refractivity contribution in [2.75, 3.05) is 26.0 Å². The van der Waals surface area contributed by atoms with E-state index in [1.165, 1.54) is 11.0 Å². The maximum absolute atomic E-state index is 14.4. The molecular formula is C19H17ClFN3O. The average Bonchev–Trinajstić information content (AvgIpc) is 2.66. The largest absolute Gasteiger partial charge is 0.382 e. The molecular weight excluding hydrogens is 341 g/mol. The molecule has 0 radical (unpaired) electrons. The van der Waals surface area contributed by atoms with Crippen LogP contribution < -0.4 is 4.90 Å². The minimum absolute atomic E-state index is 0.220. The Morgan fingerprint density at radius 3 is 2.56 bits per heavy atom. The van der Waals surface area contributed by atoms with Crippen molar-refractivity contribution in [3.8, 4) is 0 Å². The highest BCUT2D eigenvalue weighted by molar-refractivity contribution is 6.32. The molecule has 3 rings (SSSR count). The van der Waals surface area contributed by atoms with Crippen molar-refractivity contribution in [1.29, 1.82) is 0 Å². The Bertz CT molecular complexity index is 905. The number of benzene rings is 2. The number of carbonyl (C=O) groups is 1. The number of carbonyl (C=O) groups excluding carboxylic acids is 1. The summed E-state index contributed by atoms with van der Waals surface area (Å²) in [5.74, 6) is -0.683. The number of halogens is 2. The van der Waals surface area contributed by atoms with E-state index in [0.29, 0.717) is 27.5 Å². The summed E-state index contributed by atoms with van der Waals surface area (Å²) < 4.78 is 14.4. The second-order valence-electron chi connectivity index (χ2n) is 5.94. The van der Waals surface area contributed by atoms with Gasteiger partial charge < -0.3 is 9.80 Å². The highest BCUT2D eigenvalue weighted by Gasteiger charge is 2.27. The van der Waals surface area contributed by atoms with Crippen LogP contribution in [0, 0.1) is 5.82 Å². The number of amides is 1. The molecule has 0 spiro atoms. The van der Waals surface area contributed by atoms with Crippen LogP contribution in [-0.2, 0) is 4.79 Å². The van der Waals surface area contributed by atoms with Crippen molar-refractivity contribution in [2.45, 2.75) is 0 Å². The summed E-state index contributed by atoms with van der Waals surface area (Å²) in [5.41, 5.74) is 2.15. The van der Waals surface area contributed by atoms with Gasteiger partial charge in [-0.3, -0.25) is 4.79 Å². The van der Waals surface area contributed by atoms with E-state index < -0.39 is 5.82 Å². The second-order valence-corrected chi connectivity index (χ2v) is 6.38. The van der Waals surface area contributed by atoms with Gasteiger partial charge in [-0.15, -0.1) is 0 Å². The van der Waals surface area contributed by atoms with Gasteiger partial charge in [0.1, 0.15) is 11.5 Å². The average molecular weight is 358 g/mol. The number of nitrogens with zero attached hydrogens (tertiary/aromatic N) is 3. The van der Waals surface area contributed by atoms with Gasteiger partial charge in [0.05, 0.1) is 11.4 Å². The van der Waals surface area contributed by atoms with Gasteiger partial charge in [0.25, 0.3) is 5.91 Å². The van der Waals surface area contributed by atoms with E-state index in [0.717, 1.165) is 0 Å². The lowest BCUT2D eigenvalue weighted by Crippen LogP contribution is -2.27. The van der Waals surface area contributed by atoms with Crippen LogP contribution in [0.3, 0.4) is 0 Å². The Hall–Kier alpha value is -2.66. The molecule has 1 aliphatic rings. The predicted octanol–water partition coefficient (Wildman–Crippen LogP) is 3.70. The molecule has 4 nitrogen and oxygen atoms in total. The van der Waals surface area contributed by atoms with Crippen LogP contribution in [0.25, 0.3) is 0 Å². The summed E-state index contributed by atoms with van der Waals surface area (Å²) in [6, 6.07) is 11.5. The predicted molar refractivity (Wildman–Crippen MR) is 98.7 cm³/mol. The first kappa shape index (κ1) is 17.2. The Balaban J connectivity index is 2.34. The normalized spacial score (nSPS) is 15.7. The van der Waals surface area contributed by atoms with Gasteiger partial charge in [-0.05, 0) is 30.3 Å². The number of fused-ring (bicyclic) bond motifs is 1. The lowest BCUT2D eigenvalue weighted by molar-refractivity contribution is -0.114. The van der Waals surface area contributed by atoms with E-state index in [1.54, 1.807) is 68.6 Å². The highest BCUT2D eigenvalue weighted by atomic mass is 35.5. The number of likely N-dealkylation sites (N-methyl/N-ethyl adjacent to an activating group) is 1. The Kier molecular flexibility index (Phi) is 4.59. The van der Waals surface area contributed by atoms with Crippen LogP contribution in [0.4, 0.5) is 10.1 Å².